The average Bonchev–Trinajstić information content (AvgIpc) is 2.47. The lowest BCUT2D eigenvalue weighted by Gasteiger charge is -2.28. The summed E-state index contributed by atoms with van der Waals surface area (Å²) < 4.78 is 11.9. The fourth-order valence-corrected chi connectivity index (χ4v) is 3.33. The number of piperidine rings is 1. The minimum Gasteiger partial charge on any atom is -0.486 e. The molecule has 2 aliphatic heterocycles. The molecule has 1 amide bonds. The van der Waals surface area contributed by atoms with Gasteiger partial charge in [-0.3, -0.25) is 4.79 Å². The van der Waals surface area contributed by atoms with Crippen LogP contribution in [0.4, 0.5) is 0 Å². The maximum Gasteiger partial charge on any atom is 0.251 e. The molecule has 0 aromatic heterocycles. The number of hydrogen-bond donors (Lipinski definition) is 2. The van der Waals surface area contributed by atoms with E-state index >= 15 is 0 Å². The topological polar surface area (TPSA) is 59.6 Å². The summed E-state index contributed by atoms with van der Waals surface area (Å²) in [6.45, 7) is 4.12. The standard InChI is InChI=1S/C15H19BrN2O3.ClH/c1-9-6-11(2-3-17-9)18-15(19)10-7-12(16)14-13(8-10)20-4-5-21-14;/h7-9,11,17H,2-6H2,1H3,(H,18,19);1H. The molecule has 2 unspecified atom stereocenters. The number of hydrogen-bond acceptors (Lipinski definition) is 4. The Bertz CT molecular complexity index is 556. The monoisotopic (exact) mass is 390 g/mol. The summed E-state index contributed by atoms with van der Waals surface area (Å²) in [7, 11) is 0. The lowest BCUT2D eigenvalue weighted by Crippen LogP contribution is -2.46. The highest BCUT2D eigenvalue weighted by Gasteiger charge is 2.23. The second-order valence-corrected chi connectivity index (χ2v) is 6.39. The van der Waals surface area contributed by atoms with Crippen molar-refractivity contribution in [2.75, 3.05) is 19.8 Å². The van der Waals surface area contributed by atoms with Gasteiger partial charge in [-0.2, -0.15) is 0 Å². The van der Waals surface area contributed by atoms with E-state index in [4.69, 9.17) is 9.47 Å². The highest BCUT2D eigenvalue weighted by atomic mass is 79.9. The van der Waals surface area contributed by atoms with Crippen molar-refractivity contribution in [3.8, 4) is 11.5 Å². The van der Waals surface area contributed by atoms with Crippen LogP contribution in [0.15, 0.2) is 16.6 Å². The van der Waals surface area contributed by atoms with Crippen molar-refractivity contribution >= 4 is 34.2 Å². The Kier molecular flexibility index (Phi) is 5.94. The Balaban J connectivity index is 0.00000176. The van der Waals surface area contributed by atoms with Crippen LogP contribution in [-0.2, 0) is 0 Å². The Labute approximate surface area is 144 Å². The molecule has 1 fully saturated rings. The molecule has 2 atom stereocenters. The maximum atomic E-state index is 12.4. The van der Waals surface area contributed by atoms with Crippen LogP contribution >= 0.6 is 28.3 Å². The van der Waals surface area contributed by atoms with Crippen molar-refractivity contribution in [1.82, 2.24) is 10.6 Å². The fourth-order valence-electron chi connectivity index (χ4n) is 2.77. The van der Waals surface area contributed by atoms with Gasteiger partial charge in [-0.05, 0) is 54.4 Å². The number of nitrogens with one attached hydrogen (secondary N) is 2. The molecule has 3 rings (SSSR count). The van der Waals surface area contributed by atoms with Crippen molar-refractivity contribution in [2.24, 2.45) is 0 Å². The van der Waals surface area contributed by atoms with Crippen molar-refractivity contribution in [2.45, 2.75) is 31.8 Å². The predicted octanol–water partition coefficient (Wildman–Crippen LogP) is 2.51. The number of fused-ring (bicyclic) bond motifs is 1. The van der Waals surface area contributed by atoms with Gasteiger partial charge in [0.2, 0.25) is 0 Å². The SMILES string of the molecule is CC1CC(NC(=O)c2cc(Br)c3c(c2)OCCO3)CCN1.Cl. The maximum absolute atomic E-state index is 12.4. The summed E-state index contributed by atoms with van der Waals surface area (Å²) in [5.41, 5.74) is 0.595. The Morgan fingerprint density at radius 1 is 1.36 bits per heavy atom. The van der Waals surface area contributed by atoms with Crippen LogP contribution in [0.5, 0.6) is 11.5 Å². The molecular weight excluding hydrogens is 372 g/mol. The van der Waals surface area contributed by atoms with Gasteiger partial charge in [-0.15, -0.1) is 12.4 Å². The van der Waals surface area contributed by atoms with Crippen LogP contribution in [0.3, 0.4) is 0 Å². The fraction of sp³-hybridized carbons (Fsp3) is 0.533. The van der Waals surface area contributed by atoms with Crippen LogP contribution in [0.2, 0.25) is 0 Å². The first-order valence-corrected chi connectivity index (χ1v) is 8.06. The third-order valence-corrected chi connectivity index (χ3v) is 4.41. The smallest absolute Gasteiger partial charge is 0.251 e. The molecule has 2 N–H and O–H groups in total. The molecule has 0 aliphatic carbocycles. The zero-order valence-corrected chi connectivity index (χ0v) is 14.8. The summed E-state index contributed by atoms with van der Waals surface area (Å²) in [6.07, 6.45) is 1.92. The van der Waals surface area contributed by atoms with E-state index in [1.165, 1.54) is 0 Å². The van der Waals surface area contributed by atoms with Crippen molar-refractivity contribution in [3.05, 3.63) is 22.2 Å². The zero-order valence-electron chi connectivity index (χ0n) is 12.4. The number of amides is 1. The first-order chi connectivity index (χ1) is 10.1. The zero-order chi connectivity index (χ0) is 14.8. The third kappa shape index (κ3) is 3.86. The van der Waals surface area contributed by atoms with E-state index in [0.29, 0.717) is 36.3 Å². The highest BCUT2D eigenvalue weighted by molar-refractivity contribution is 9.10. The molecule has 5 nitrogen and oxygen atoms in total. The van der Waals surface area contributed by atoms with Gasteiger partial charge in [0.1, 0.15) is 13.2 Å². The van der Waals surface area contributed by atoms with Gasteiger partial charge >= 0.3 is 0 Å². The summed E-state index contributed by atoms with van der Waals surface area (Å²) in [6, 6.07) is 4.20. The molecule has 22 heavy (non-hydrogen) atoms. The van der Waals surface area contributed by atoms with Crippen LogP contribution < -0.4 is 20.1 Å². The van der Waals surface area contributed by atoms with E-state index in [9.17, 15) is 4.79 Å². The number of rotatable bonds is 2. The van der Waals surface area contributed by atoms with E-state index in [2.05, 4.69) is 33.5 Å². The van der Waals surface area contributed by atoms with Gasteiger partial charge < -0.3 is 20.1 Å². The largest absolute Gasteiger partial charge is 0.486 e. The lowest BCUT2D eigenvalue weighted by atomic mass is 10.00. The van der Waals surface area contributed by atoms with E-state index in [1.807, 2.05) is 0 Å². The Hall–Kier alpha value is -0.980. The number of halogens is 2. The molecule has 1 aromatic rings. The number of benzene rings is 1. The molecule has 1 saturated heterocycles. The minimum absolute atomic E-state index is 0. The van der Waals surface area contributed by atoms with Gasteiger partial charge in [-0.25, -0.2) is 0 Å². The molecule has 2 aliphatic rings. The van der Waals surface area contributed by atoms with Crippen LogP contribution in [-0.4, -0.2) is 37.7 Å². The molecular formula is C15H20BrClN2O3. The second-order valence-electron chi connectivity index (χ2n) is 5.53. The van der Waals surface area contributed by atoms with Crippen LogP contribution in [0.1, 0.15) is 30.1 Å². The van der Waals surface area contributed by atoms with Crippen molar-refractivity contribution < 1.29 is 14.3 Å². The molecule has 0 bridgehead atoms. The van der Waals surface area contributed by atoms with E-state index in [1.54, 1.807) is 12.1 Å². The molecule has 0 saturated carbocycles. The van der Waals surface area contributed by atoms with E-state index < -0.39 is 0 Å². The lowest BCUT2D eigenvalue weighted by molar-refractivity contribution is 0.0924. The van der Waals surface area contributed by atoms with Gasteiger partial charge in [0.15, 0.2) is 11.5 Å². The molecule has 0 spiro atoms. The quantitative estimate of drug-likeness (QED) is 0.813. The minimum atomic E-state index is -0.0632. The Morgan fingerprint density at radius 2 is 2.14 bits per heavy atom. The summed E-state index contributed by atoms with van der Waals surface area (Å²) >= 11 is 3.44. The number of ether oxygens (including phenoxy) is 2. The molecule has 2 heterocycles. The first-order valence-electron chi connectivity index (χ1n) is 7.27. The third-order valence-electron chi connectivity index (χ3n) is 3.82. The van der Waals surface area contributed by atoms with Crippen LogP contribution in [0, 0.1) is 0 Å². The van der Waals surface area contributed by atoms with Gasteiger partial charge in [-0.1, -0.05) is 0 Å². The Morgan fingerprint density at radius 3 is 2.91 bits per heavy atom. The summed E-state index contributed by atoms with van der Waals surface area (Å²) in [5, 5.41) is 6.48. The number of carbonyl (C=O) groups is 1. The first kappa shape index (κ1) is 17.4. The van der Waals surface area contributed by atoms with Crippen molar-refractivity contribution in [3.63, 3.8) is 0 Å². The van der Waals surface area contributed by atoms with Gasteiger partial charge in [0.05, 0.1) is 4.47 Å². The molecule has 0 radical (unpaired) electrons. The molecule has 1 aromatic carbocycles. The molecule has 122 valence electrons. The van der Waals surface area contributed by atoms with Gasteiger partial charge in [0, 0.05) is 17.6 Å². The molecule has 7 heteroatoms. The normalized spacial score (nSPS) is 23.4. The van der Waals surface area contributed by atoms with E-state index in [0.717, 1.165) is 23.9 Å². The predicted molar refractivity (Wildman–Crippen MR) is 90.3 cm³/mol. The van der Waals surface area contributed by atoms with Crippen LogP contribution in [0.25, 0.3) is 0 Å². The van der Waals surface area contributed by atoms with Gasteiger partial charge in [0.25, 0.3) is 5.91 Å². The highest BCUT2D eigenvalue weighted by Crippen LogP contribution is 2.38. The van der Waals surface area contributed by atoms with E-state index in [-0.39, 0.29) is 24.4 Å². The second kappa shape index (κ2) is 7.53. The summed E-state index contributed by atoms with van der Waals surface area (Å²) in [5.74, 6) is 1.24. The number of carbonyl (C=O) groups excluding carboxylic acids is 1. The summed E-state index contributed by atoms with van der Waals surface area (Å²) in [4.78, 5) is 12.4. The van der Waals surface area contributed by atoms with Crippen molar-refractivity contribution in [1.29, 1.82) is 0 Å². The average molecular weight is 392 g/mol.